The van der Waals surface area contributed by atoms with Crippen molar-refractivity contribution in [3.63, 3.8) is 0 Å². The molecule has 0 bridgehead atoms. The van der Waals surface area contributed by atoms with Gasteiger partial charge in [0.15, 0.2) is 0 Å². The van der Waals surface area contributed by atoms with Crippen LogP contribution in [0.3, 0.4) is 0 Å². The fraction of sp³-hybridized carbons (Fsp3) is 0.385. The van der Waals surface area contributed by atoms with Crippen molar-refractivity contribution in [2.45, 2.75) is 19.3 Å². The van der Waals surface area contributed by atoms with Gasteiger partial charge in [0, 0.05) is 17.8 Å². The fourth-order valence-electron chi connectivity index (χ4n) is 2.28. The molecule has 1 atom stereocenters. The van der Waals surface area contributed by atoms with Gasteiger partial charge in [0.1, 0.15) is 11.0 Å². The molecule has 4 heteroatoms. The largest absolute Gasteiger partial charge is 0.316 e. The van der Waals surface area contributed by atoms with E-state index in [0.717, 1.165) is 36.2 Å². The van der Waals surface area contributed by atoms with Crippen molar-refractivity contribution < 1.29 is 0 Å². The summed E-state index contributed by atoms with van der Waals surface area (Å²) in [5.74, 6) is 1.27. The molecule has 88 valence electrons. The second kappa shape index (κ2) is 4.24. The molecule has 1 N–H and O–H groups in total. The minimum Gasteiger partial charge on any atom is -0.316 e. The van der Waals surface area contributed by atoms with Crippen molar-refractivity contribution in [1.29, 1.82) is 0 Å². The van der Waals surface area contributed by atoms with E-state index in [1.807, 2.05) is 12.1 Å². The summed E-state index contributed by atoms with van der Waals surface area (Å²) in [7, 11) is 0. The Morgan fingerprint density at radius 2 is 2.24 bits per heavy atom. The molecule has 17 heavy (non-hydrogen) atoms. The van der Waals surface area contributed by atoms with Gasteiger partial charge in [-0.3, -0.25) is 0 Å². The van der Waals surface area contributed by atoms with Crippen molar-refractivity contribution in [2.75, 3.05) is 13.1 Å². The van der Waals surface area contributed by atoms with E-state index in [-0.39, 0.29) is 0 Å². The third-order valence-electron chi connectivity index (χ3n) is 3.25. The number of nitrogens with one attached hydrogen (secondary N) is 1. The number of rotatable bonds is 1. The smallest absolute Gasteiger partial charge is 0.140 e. The maximum absolute atomic E-state index is 6.22. The average molecular weight is 248 g/mol. The third kappa shape index (κ3) is 2.01. The SMILES string of the molecule is Cc1ccc2c(Cl)nc(C3CCNC3)nc2c1. The highest BCUT2D eigenvalue weighted by molar-refractivity contribution is 6.34. The Morgan fingerprint density at radius 1 is 1.35 bits per heavy atom. The van der Waals surface area contributed by atoms with Crippen LogP contribution in [0, 0.1) is 6.92 Å². The molecule has 0 saturated carbocycles. The summed E-state index contributed by atoms with van der Waals surface area (Å²) < 4.78 is 0. The van der Waals surface area contributed by atoms with Crippen LogP contribution in [0.4, 0.5) is 0 Å². The fourth-order valence-corrected chi connectivity index (χ4v) is 2.52. The number of hydrogen-bond donors (Lipinski definition) is 1. The quantitative estimate of drug-likeness (QED) is 0.788. The molecule has 1 unspecified atom stereocenters. The Balaban J connectivity index is 2.14. The lowest BCUT2D eigenvalue weighted by molar-refractivity contribution is 0.707. The lowest BCUT2D eigenvalue weighted by atomic mass is 10.1. The zero-order valence-electron chi connectivity index (χ0n) is 9.70. The molecule has 3 rings (SSSR count). The number of fused-ring (bicyclic) bond motifs is 1. The summed E-state index contributed by atoms with van der Waals surface area (Å²) in [4.78, 5) is 9.07. The molecule has 0 amide bonds. The van der Waals surface area contributed by atoms with E-state index >= 15 is 0 Å². The molecular formula is C13H14ClN3. The number of hydrogen-bond acceptors (Lipinski definition) is 3. The van der Waals surface area contributed by atoms with Crippen LogP contribution >= 0.6 is 11.6 Å². The Labute approximate surface area is 105 Å². The van der Waals surface area contributed by atoms with Gasteiger partial charge in [-0.1, -0.05) is 17.7 Å². The molecule has 1 aromatic carbocycles. The second-order valence-electron chi connectivity index (χ2n) is 4.58. The molecule has 2 heterocycles. The Kier molecular flexibility index (Phi) is 2.73. The zero-order valence-corrected chi connectivity index (χ0v) is 10.5. The lowest BCUT2D eigenvalue weighted by Crippen LogP contribution is -2.10. The molecular weight excluding hydrogens is 234 g/mol. The van der Waals surface area contributed by atoms with E-state index in [1.54, 1.807) is 0 Å². The van der Waals surface area contributed by atoms with Crippen molar-refractivity contribution in [1.82, 2.24) is 15.3 Å². The maximum Gasteiger partial charge on any atom is 0.140 e. The van der Waals surface area contributed by atoms with E-state index in [9.17, 15) is 0 Å². The second-order valence-corrected chi connectivity index (χ2v) is 4.94. The number of aromatic nitrogens is 2. The van der Waals surface area contributed by atoms with Crippen molar-refractivity contribution >= 4 is 22.5 Å². The molecule has 3 nitrogen and oxygen atoms in total. The topological polar surface area (TPSA) is 37.8 Å². The molecule has 1 saturated heterocycles. The van der Waals surface area contributed by atoms with Crippen LogP contribution in [0.15, 0.2) is 18.2 Å². The van der Waals surface area contributed by atoms with Crippen LogP contribution < -0.4 is 5.32 Å². The third-order valence-corrected chi connectivity index (χ3v) is 3.54. The summed E-state index contributed by atoms with van der Waals surface area (Å²) in [5, 5.41) is 4.83. The predicted octanol–water partition coefficient (Wildman–Crippen LogP) is 2.67. The van der Waals surface area contributed by atoms with Gasteiger partial charge in [0.2, 0.25) is 0 Å². The monoisotopic (exact) mass is 247 g/mol. The van der Waals surface area contributed by atoms with Crippen LogP contribution in [-0.4, -0.2) is 23.1 Å². The molecule has 1 fully saturated rings. The van der Waals surface area contributed by atoms with E-state index in [0.29, 0.717) is 11.1 Å². The molecule has 2 aromatic rings. The number of aryl methyl sites for hydroxylation is 1. The van der Waals surface area contributed by atoms with Crippen molar-refractivity contribution in [3.05, 3.63) is 34.7 Å². The first-order chi connectivity index (χ1) is 8.24. The van der Waals surface area contributed by atoms with Crippen LogP contribution in [0.5, 0.6) is 0 Å². The van der Waals surface area contributed by atoms with E-state index < -0.39 is 0 Å². The summed E-state index contributed by atoms with van der Waals surface area (Å²) in [5.41, 5.74) is 2.15. The van der Waals surface area contributed by atoms with Crippen LogP contribution in [-0.2, 0) is 0 Å². The minimum absolute atomic E-state index is 0.400. The van der Waals surface area contributed by atoms with Gasteiger partial charge >= 0.3 is 0 Å². The van der Waals surface area contributed by atoms with Gasteiger partial charge in [-0.25, -0.2) is 9.97 Å². The molecule has 0 aliphatic carbocycles. The summed E-state index contributed by atoms with van der Waals surface area (Å²) >= 11 is 6.22. The van der Waals surface area contributed by atoms with Crippen LogP contribution in [0.1, 0.15) is 23.7 Å². The predicted molar refractivity (Wildman–Crippen MR) is 69.5 cm³/mol. The van der Waals surface area contributed by atoms with Crippen LogP contribution in [0.25, 0.3) is 10.9 Å². The van der Waals surface area contributed by atoms with Gasteiger partial charge in [-0.15, -0.1) is 0 Å². The van der Waals surface area contributed by atoms with Crippen LogP contribution in [0.2, 0.25) is 5.15 Å². The van der Waals surface area contributed by atoms with Gasteiger partial charge in [-0.05, 0) is 37.6 Å². The molecule has 1 aromatic heterocycles. The first kappa shape index (κ1) is 10.9. The summed E-state index contributed by atoms with van der Waals surface area (Å²) in [6.07, 6.45) is 1.09. The van der Waals surface area contributed by atoms with E-state index in [2.05, 4.69) is 28.3 Å². The van der Waals surface area contributed by atoms with Crippen molar-refractivity contribution in [2.24, 2.45) is 0 Å². The molecule has 0 radical (unpaired) electrons. The maximum atomic E-state index is 6.22. The van der Waals surface area contributed by atoms with E-state index in [4.69, 9.17) is 11.6 Å². The first-order valence-corrected chi connectivity index (χ1v) is 6.26. The summed E-state index contributed by atoms with van der Waals surface area (Å²) in [6, 6.07) is 6.09. The highest BCUT2D eigenvalue weighted by atomic mass is 35.5. The van der Waals surface area contributed by atoms with Gasteiger partial charge in [-0.2, -0.15) is 0 Å². The Bertz CT molecular complexity index is 562. The average Bonchev–Trinajstić information content (AvgIpc) is 2.81. The van der Waals surface area contributed by atoms with Gasteiger partial charge in [0.25, 0.3) is 0 Å². The zero-order chi connectivity index (χ0) is 11.8. The highest BCUT2D eigenvalue weighted by Gasteiger charge is 2.20. The van der Waals surface area contributed by atoms with Crippen molar-refractivity contribution in [3.8, 4) is 0 Å². The number of benzene rings is 1. The highest BCUT2D eigenvalue weighted by Crippen LogP contribution is 2.26. The van der Waals surface area contributed by atoms with Gasteiger partial charge < -0.3 is 5.32 Å². The van der Waals surface area contributed by atoms with E-state index in [1.165, 1.54) is 5.56 Å². The Hall–Kier alpha value is -1.19. The number of nitrogens with zero attached hydrogens (tertiary/aromatic N) is 2. The van der Waals surface area contributed by atoms with Gasteiger partial charge in [0.05, 0.1) is 5.52 Å². The lowest BCUT2D eigenvalue weighted by Gasteiger charge is -2.09. The normalized spacial score (nSPS) is 20.0. The minimum atomic E-state index is 0.400. The Morgan fingerprint density at radius 3 is 3.00 bits per heavy atom. The molecule has 1 aliphatic heterocycles. The summed E-state index contributed by atoms with van der Waals surface area (Å²) in [6.45, 7) is 4.05. The first-order valence-electron chi connectivity index (χ1n) is 5.88. The standard InChI is InChI=1S/C13H14ClN3/c1-8-2-3-10-11(6-8)16-13(17-12(10)14)9-4-5-15-7-9/h2-3,6,9,15H,4-5,7H2,1H3. The molecule has 1 aliphatic rings. The molecule has 0 spiro atoms. The number of halogens is 1.